The van der Waals surface area contributed by atoms with Crippen LogP contribution in [0.4, 0.5) is 0 Å². The Morgan fingerprint density at radius 2 is 1.88 bits per heavy atom. The Morgan fingerprint density at radius 1 is 1.08 bits per heavy atom. The number of hydrogen-bond donors (Lipinski definition) is 1. The first kappa shape index (κ1) is 18.1. The average molecular weight is 341 g/mol. The van der Waals surface area contributed by atoms with Crippen LogP contribution in [0.5, 0.6) is 0 Å². The van der Waals surface area contributed by atoms with Gasteiger partial charge in [0.15, 0.2) is 0 Å². The van der Waals surface area contributed by atoms with Crippen molar-refractivity contribution < 1.29 is 4.52 Å². The molecule has 1 atom stereocenters. The summed E-state index contributed by atoms with van der Waals surface area (Å²) in [5.41, 5.74) is 2.44. The second-order valence-corrected chi connectivity index (χ2v) is 7.22. The molecule has 0 bridgehead atoms. The number of unbranched alkanes of at least 4 members (excludes halogenated alkanes) is 5. The van der Waals surface area contributed by atoms with E-state index in [2.05, 4.69) is 46.6 Å². The average Bonchev–Trinajstić information content (AvgIpc) is 3.31. The maximum absolute atomic E-state index is 5.42. The standard InChI is InChI=1S/C21H31N3O/c1-2-3-4-5-6-7-9-17-11-13-18(14-12-17)21-23-20(25-24-21)16-19-10-8-15-22-19/h11-14,19,22H,2-10,15-16H2,1H3. The molecule has 1 aromatic carbocycles. The Kier molecular flexibility index (Phi) is 7.04. The van der Waals surface area contributed by atoms with Gasteiger partial charge in [0.1, 0.15) is 0 Å². The SMILES string of the molecule is CCCCCCCCc1ccc(-c2noc(CC3CCCN3)n2)cc1. The summed E-state index contributed by atoms with van der Waals surface area (Å²) in [4.78, 5) is 4.56. The van der Waals surface area contributed by atoms with Crippen molar-refractivity contribution in [3.8, 4) is 11.4 Å². The van der Waals surface area contributed by atoms with Crippen molar-refractivity contribution in [2.45, 2.75) is 77.2 Å². The van der Waals surface area contributed by atoms with Crippen LogP contribution in [-0.4, -0.2) is 22.7 Å². The number of benzene rings is 1. The highest BCUT2D eigenvalue weighted by molar-refractivity contribution is 5.54. The summed E-state index contributed by atoms with van der Waals surface area (Å²) in [6, 6.07) is 9.14. The second-order valence-electron chi connectivity index (χ2n) is 7.22. The van der Waals surface area contributed by atoms with E-state index in [-0.39, 0.29) is 0 Å². The fraction of sp³-hybridized carbons (Fsp3) is 0.619. The minimum Gasteiger partial charge on any atom is -0.339 e. The summed E-state index contributed by atoms with van der Waals surface area (Å²) in [6.07, 6.45) is 12.5. The minimum absolute atomic E-state index is 0.494. The molecule has 4 nitrogen and oxygen atoms in total. The van der Waals surface area contributed by atoms with Gasteiger partial charge in [0, 0.05) is 18.0 Å². The van der Waals surface area contributed by atoms with E-state index in [9.17, 15) is 0 Å². The molecule has 2 heterocycles. The van der Waals surface area contributed by atoms with Crippen molar-refractivity contribution in [3.05, 3.63) is 35.7 Å². The molecule has 0 amide bonds. The van der Waals surface area contributed by atoms with Crippen LogP contribution in [0.3, 0.4) is 0 Å². The lowest BCUT2D eigenvalue weighted by atomic mass is 10.0. The Balaban J connectivity index is 1.46. The third-order valence-electron chi connectivity index (χ3n) is 5.08. The number of nitrogens with zero attached hydrogens (tertiary/aromatic N) is 2. The molecule has 1 N–H and O–H groups in total. The lowest BCUT2D eigenvalue weighted by molar-refractivity contribution is 0.364. The van der Waals surface area contributed by atoms with Gasteiger partial charge in [0.25, 0.3) is 0 Å². The summed E-state index contributed by atoms with van der Waals surface area (Å²) in [7, 11) is 0. The van der Waals surface area contributed by atoms with Crippen molar-refractivity contribution >= 4 is 0 Å². The number of rotatable bonds is 10. The van der Waals surface area contributed by atoms with Crippen molar-refractivity contribution in [1.29, 1.82) is 0 Å². The van der Waals surface area contributed by atoms with Gasteiger partial charge in [-0.1, -0.05) is 68.4 Å². The number of aryl methyl sites for hydroxylation is 1. The summed E-state index contributed by atoms with van der Waals surface area (Å²) >= 11 is 0. The Morgan fingerprint density at radius 3 is 2.64 bits per heavy atom. The van der Waals surface area contributed by atoms with Gasteiger partial charge in [0.05, 0.1) is 0 Å². The monoisotopic (exact) mass is 341 g/mol. The van der Waals surface area contributed by atoms with Crippen molar-refractivity contribution in [2.24, 2.45) is 0 Å². The smallest absolute Gasteiger partial charge is 0.228 e. The predicted molar refractivity (Wildman–Crippen MR) is 102 cm³/mol. The maximum atomic E-state index is 5.42. The normalized spacial score (nSPS) is 17.2. The summed E-state index contributed by atoms with van der Waals surface area (Å²) in [5.74, 6) is 1.45. The Bertz CT molecular complexity index is 614. The van der Waals surface area contributed by atoms with Gasteiger partial charge in [-0.2, -0.15) is 4.98 Å². The molecule has 25 heavy (non-hydrogen) atoms. The molecule has 3 rings (SSSR count). The van der Waals surface area contributed by atoms with Crippen LogP contribution >= 0.6 is 0 Å². The van der Waals surface area contributed by atoms with Crippen LogP contribution in [0.25, 0.3) is 11.4 Å². The quantitative estimate of drug-likeness (QED) is 0.622. The van der Waals surface area contributed by atoms with Crippen LogP contribution in [0.1, 0.15) is 69.7 Å². The Hall–Kier alpha value is -1.68. The van der Waals surface area contributed by atoms with Gasteiger partial charge in [0.2, 0.25) is 11.7 Å². The van der Waals surface area contributed by atoms with E-state index in [1.807, 2.05) is 0 Å². The van der Waals surface area contributed by atoms with Gasteiger partial charge >= 0.3 is 0 Å². The first-order chi connectivity index (χ1) is 12.3. The molecule has 4 heteroatoms. The van der Waals surface area contributed by atoms with Gasteiger partial charge in [-0.05, 0) is 37.8 Å². The fourth-order valence-corrected chi connectivity index (χ4v) is 3.53. The minimum atomic E-state index is 0.494. The van der Waals surface area contributed by atoms with Crippen LogP contribution in [-0.2, 0) is 12.8 Å². The highest BCUT2D eigenvalue weighted by Crippen LogP contribution is 2.19. The van der Waals surface area contributed by atoms with Gasteiger partial charge in [-0.3, -0.25) is 0 Å². The van der Waals surface area contributed by atoms with E-state index in [0.29, 0.717) is 11.9 Å². The van der Waals surface area contributed by atoms with Gasteiger partial charge < -0.3 is 9.84 Å². The van der Waals surface area contributed by atoms with Gasteiger partial charge in [-0.15, -0.1) is 0 Å². The first-order valence-corrected chi connectivity index (χ1v) is 10.0. The topological polar surface area (TPSA) is 51.0 Å². The predicted octanol–water partition coefficient (Wildman–Crippen LogP) is 4.93. The van der Waals surface area contributed by atoms with E-state index in [1.54, 1.807) is 0 Å². The summed E-state index contributed by atoms with van der Waals surface area (Å²) < 4.78 is 5.42. The maximum Gasteiger partial charge on any atom is 0.228 e. The third-order valence-corrected chi connectivity index (χ3v) is 5.08. The lowest BCUT2D eigenvalue weighted by Crippen LogP contribution is -2.23. The second kappa shape index (κ2) is 9.71. The molecule has 0 aliphatic carbocycles. The van der Waals surface area contributed by atoms with E-state index >= 15 is 0 Å². The van der Waals surface area contributed by atoms with Crippen LogP contribution < -0.4 is 5.32 Å². The molecule has 1 fully saturated rings. The van der Waals surface area contributed by atoms with Crippen LogP contribution in [0.15, 0.2) is 28.8 Å². The zero-order valence-electron chi connectivity index (χ0n) is 15.5. The van der Waals surface area contributed by atoms with Crippen molar-refractivity contribution in [2.75, 3.05) is 6.54 Å². The molecule has 2 aromatic rings. The third kappa shape index (κ3) is 5.67. The van der Waals surface area contributed by atoms with E-state index in [4.69, 9.17) is 4.52 Å². The molecule has 1 unspecified atom stereocenters. The molecule has 1 aliphatic rings. The van der Waals surface area contributed by atoms with Crippen LogP contribution in [0.2, 0.25) is 0 Å². The molecule has 1 aliphatic heterocycles. The largest absolute Gasteiger partial charge is 0.339 e. The van der Waals surface area contributed by atoms with E-state index < -0.39 is 0 Å². The highest BCUT2D eigenvalue weighted by Gasteiger charge is 2.18. The molecule has 136 valence electrons. The Labute approximate surface area is 151 Å². The van der Waals surface area contributed by atoms with E-state index in [1.165, 1.54) is 56.9 Å². The zero-order valence-corrected chi connectivity index (χ0v) is 15.5. The van der Waals surface area contributed by atoms with E-state index in [0.717, 1.165) is 30.8 Å². The number of nitrogens with one attached hydrogen (secondary N) is 1. The molecule has 1 aromatic heterocycles. The highest BCUT2D eigenvalue weighted by atomic mass is 16.5. The van der Waals surface area contributed by atoms with Crippen molar-refractivity contribution in [1.82, 2.24) is 15.5 Å². The lowest BCUT2D eigenvalue weighted by Gasteiger charge is -2.04. The molecular formula is C21H31N3O. The van der Waals surface area contributed by atoms with Crippen LogP contribution in [0, 0.1) is 0 Å². The van der Waals surface area contributed by atoms with Crippen molar-refractivity contribution in [3.63, 3.8) is 0 Å². The summed E-state index contributed by atoms with van der Waals surface area (Å²) in [6.45, 7) is 3.37. The molecule has 0 saturated carbocycles. The molecule has 0 spiro atoms. The number of aromatic nitrogens is 2. The zero-order chi connectivity index (χ0) is 17.3. The molecule has 1 saturated heterocycles. The molecule has 0 radical (unpaired) electrons. The number of hydrogen-bond acceptors (Lipinski definition) is 4. The molecular weight excluding hydrogens is 310 g/mol. The first-order valence-electron chi connectivity index (χ1n) is 10.0. The fourth-order valence-electron chi connectivity index (χ4n) is 3.53. The summed E-state index contributed by atoms with van der Waals surface area (Å²) in [5, 5.41) is 7.62. The van der Waals surface area contributed by atoms with Gasteiger partial charge in [-0.25, -0.2) is 0 Å².